The van der Waals surface area contributed by atoms with Crippen molar-refractivity contribution >= 4 is 0 Å². The molecule has 0 bridgehead atoms. The third kappa shape index (κ3) is 1.75. The zero-order chi connectivity index (χ0) is 9.97. The lowest BCUT2D eigenvalue weighted by atomic mass is 9.96. The molecule has 0 aromatic heterocycles. The maximum Gasteiger partial charge on any atom is 0.122 e. The van der Waals surface area contributed by atoms with Crippen LogP contribution in [0.25, 0.3) is 0 Å². The predicted octanol–water partition coefficient (Wildman–Crippen LogP) is 2.29. The SMILES string of the molecule is COc1ccccc1C1CCC(N)C1. The Labute approximate surface area is 85.1 Å². The van der Waals surface area contributed by atoms with Gasteiger partial charge in [0.25, 0.3) is 0 Å². The summed E-state index contributed by atoms with van der Waals surface area (Å²) in [5.41, 5.74) is 7.24. The van der Waals surface area contributed by atoms with Crippen molar-refractivity contribution in [1.82, 2.24) is 0 Å². The number of nitrogens with two attached hydrogens (primary N) is 1. The van der Waals surface area contributed by atoms with Gasteiger partial charge in [-0.1, -0.05) is 18.2 Å². The minimum absolute atomic E-state index is 0.380. The molecular formula is C12H17NO. The van der Waals surface area contributed by atoms with Gasteiger partial charge in [-0.15, -0.1) is 0 Å². The fraction of sp³-hybridized carbons (Fsp3) is 0.500. The van der Waals surface area contributed by atoms with Crippen LogP contribution in [0.1, 0.15) is 30.7 Å². The van der Waals surface area contributed by atoms with Gasteiger partial charge < -0.3 is 10.5 Å². The monoisotopic (exact) mass is 191 g/mol. The summed E-state index contributed by atoms with van der Waals surface area (Å²) in [4.78, 5) is 0. The quantitative estimate of drug-likeness (QED) is 0.778. The molecule has 0 amide bonds. The van der Waals surface area contributed by atoms with Crippen LogP contribution in [0.4, 0.5) is 0 Å². The summed E-state index contributed by atoms with van der Waals surface area (Å²) in [7, 11) is 1.73. The Morgan fingerprint density at radius 1 is 1.29 bits per heavy atom. The molecule has 0 heterocycles. The van der Waals surface area contributed by atoms with Crippen LogP contribution in [-0.4, -0.2) is 13.2 Å². The predicted molar refractivity (Wildman–Crippen MR) is 57.6 cm³/mol. The molecule has 2 nitrogen and oxygen atoms in total. The average Bonchev–Trinajstić information content (AvgIpc) is 2.65. The molecule has 1 aliphatic carbocycles. The lowest BCUT2D eigenvalue weighted by Crippen LogP contribution is -2.14. The second kappa shape index (κ2) is 4.01. The summed E-state index contributed by atoms with van der Waals surface area (Å²) in [5, 5.41) is 0. The lowest BCUT2D eigenvalue weighted by Gasteiger charge is -2.13. The normalized spacial score (nSPS) is 26.4. The number of hydrogen-bond donors (Lipinski definition) is 1. The standard InChI is InChI=1S/C12H17NO/c1-14-12-5-3-2-4-11(12)9-6-7-10(13)8-9/h2-5,9-10H,6-8,13H2,1H3. The first-order valence-corrected chi connectivity index (χ1v) is 5.19. The van der Waals surface area contributed by atoms with Crippen LogP contribution in [0.2, 0.25) is 0 Å². The zero-order valence-electron chi connectivity index (χ0n) is 8.57. The minimum Gasteiger partial charge on any atom is -0.496 e. The molecule has 1 saturated carbocycles. The third-order valence-corrected chi connectivity index (χ3v) is 3.05. The molecule has 2 N–H and O–H groups in total. The van der Waals surface area contributed by atoms with E-state index in [4.69, 9.17) is 10.5 Å². The largest absolute Gasteiger partial charge is 0.496 e. The van der Waals surface area contributed by atoms with Crippen LogP contribution in [0.15, 0.2) is 24.3 Å². The van der Waals surface area contributed by atoms with Crippen molar-refractivity contribution < 1.29 is 4.74 Å². The Morgan fingerprint density at radius 3 is 2.71 bits per heavy atom. The molecule has 2 rings (SSSR count). The first kappa shape index (κ1) is 9.53. The number of hydrogen-bond acceptors (Lipinski definition) is 2. The van der Waals surface area contributed by atoms with E-state index in [9.17, 15) is 0 Å². The Balaban J connectivity index is 2.22. The molecule has 0 radical (unpaired) electrons. The second-order valence-electron chi connectivity index (χ2n) is 4.01. The minimum atomic E-state index is 0.380. The van der Waals surface area contributed by atoms with Gasteiger partial charge in [0.2, 0.25) is 0 Å². The lowest BCUT2D eigenvalue weighted by molar-refractivity contribution is 0.405. The molecule has 2 atom stereocenters. The van der Waals surface area contributed by atoms with E-state index in [1.54, 1.807) is 7.11 Å². The first-order valence-electron chi connectivity index (χ1n) is 5.19. The fourth-order valence-electron chi connectivity index (χ4n) is 2.30. The summed E-state index contributed by atoms with van der Waals surface area (Å²) in [5.74, 6) is 1.60. The molecule has 1 aliphatic rings. The summed E-state index contributed by atoms with van der Waals surface area (Å²) < 4.78 is 5.35. The van der Waals surface area contributed by atoms with E-state index in [1.165, 1.54) is 12.0 Å². The Hall–Kier alpha value is -1.02. The van der Waals surface area contributed by atoms with Gasteiger partial charge in [-0.2, -0.15) is 0 Å². The highest BCUT2D eigenvalue weighted by molar-refractivity contribution is 5.36. The van der Waals surface area contributed by atoms with Crippen molar-refractivity contribution in [2.45, 2.75) is 31.2 Å². The van der Waals surface area contributed by atoms with Crippen molar-refractivity contribution in [1.29, 1.82) is 0 Å². The van der Waals surface area contributed by atoms with E-state index < -0.39 is 0 Å². The van der Waals surface area contributed by atoms with Gasteiger partial charge in [0.05, 0.1) is 7.11 Å². The van der Waals surface area contributed by atoms with Gasteiger partial charge >= 0.3 is 0 Å². The van der Waals surface area contributed by atoms with Crippen LogP contribution >= 0.6 is 0 Å². The number of benzene rings is 1. The van der Waals surface area contributed by atoms with Gasteiger partial charge in [0, 0.05) is 6.04 Å². The Bertz CT molecular complexity index is 311. The summed E-state index contributed by atoms with van der Waals surface area (Å²) in [6.07, 6.45) is 3.44. The molecule has 0 aliphatic heterocycles. The molecule has 2 unspecified atom stereocenters. The van der Waals surface area contributed by atoms with E-state index in [2.05, 4.69) is 12.1 Å². The second-order valence-corrected chi connectivity index (χ2v) is 4.01. The van der Waals surface area contributed by atoms with E-state index in [0.717, 1.165) is 18.6 Å². The number of ether oxygens (including phenoxy) is 1. The highest BCUT2D eigenvalue weighted by Crippen LogP contribution is 2.37. The molecule has 0 saturated heterocycles. The van der Waals surface area contributed by atoms with Gasteiger partial charge in [0.1, 0.15) is 5.75 Å². The number of methoxy groups -OCH3 is 1. The highest BCUT2D eigenvalue weighted by Gasteiger charge is 2.24. The third-order valence-electron chi connectivity index (χ3n) is 3.05. The molecular weight excluding hydrogens is 174 g/mol. The van der Waals surface area contributed by atoms with Crippen LogP contribution in [0, 0.1) is 0 Å². The zero-order valence-corrected chi connectivity index (χ0v) is 8.57. The maximum atomic E-state index is 5.91. The topological polar surface area (TPSA) is 35.2 Å². The first-order chi connectivity index (χ1) is 6.81. The molecule has 1 aromatic rings. The van der Waals surface area contributed by atoms with Crippen LogP contribution < -0.4 is 10.5 Å². The summed E-state index contributed by atoms with van der Waals surface area (Å²) >= 11 is 0. The molecule has 1 aromatic carbocycles. The van der Waals surface area contributed by atoms with Crippen molar-refractivity contribution in [2.24, 2.45) is 5.73 Å². The number of rotatable bonds is 2. The molecule has 0 spiro atoms. The Morgan fingerprint density at radius 2 is 2.07 bits per heavy atom. The van der Waals surface area contributed by atoms with E-state index >= 15 is 0 Å². The molecule has 1 fully saturated rings. The van der Waals surface area contributed by atoms with E-state index in [0.29, 0.717) is 12.0 Å². The van der Waals surface area contributed by atoms with Crippen LogP contribution in [0.5, 0.6) is 5.75 Å². The smallest absolute Gasteiger partial charge is 0.122 e. The fourth-order valence-corrected chi connectivity index (χ4v) is 2.30. The van der Waals surface area contributed by atoms with Gasteiger partial charge in [-0.05, 0) is 36.8 Å². The van der Waals surface area contributed by atoms with Crippen LogP contribution in [0.3, 0.4) is 0 Å². The average molecular weight is 191 g/mol. The molecule has 76 valence electrons. The maximum absolute atomic E-state index is 5.91. The molecule has 14 heavy (non-hydrogen) atoms. The summed E-state index contributed by atoms with van der Waals surface area (Å²) in [6.45, 7) is 0. The van der Waals surface area contributed by atoms with E-state index in [1.807, 2.05) is 12.1 Å². The van der Waals surface area contributed by atoms with Gasteiger partial charge in [-0.3, -0.25) is 0 Å². The van der Waals surface area contributed by atoms with Crippen molar-refractivity contribution in [3.63, 3.8) is 0 Å². The summed E-state index contributed by atoms with van der Waals surface area (Å²) in [6, 6.07) is 8.64. The van der Waals surface area contributed by atoms with Crippen LogP contribution in [-0.2, 0) is 0 Å². The highest BCUT2D eigenvalue weighted by atomic mass is 16.5. The number of para-hydroxylation sites is 1. The van der Waals surface area contributed by atoms with Gasteiger partial charge in [-0.25, -0.2) is 0 Å². The van der Waals surface area contributed by atoms with Crippen molar-refractivity contribution in [3.05, 3.63) is 29.8 Å². The van der Waals surface area contributed by atoms with E-state index in [-0.39, 0.29) is 0 Å². The Kier molecular flexibility index (Phi) is 2.73. The van der Waals surface area contributed by atoms with Crippen molar-refractivity contribution in [2.75, 3.05) is 7.11 Å². The van der Waals surface area contributed by atoms with Gasteiger partial charge in [0.15, 0.2) is 0 Å². The molecule has 2 heteroatoms. The van der Waals surface area contributed by atoms with Crippen molar-refractivity contribution in [3.8, 4) is 5.75 Å².